The standard InChI is InChI=1S/C21H20N4O3/c1-14-19-12-22-25(16-7-5-4-6-8-16)20(19)21(26)24(23-14)13-15-9-17(27-2)11-18(10-15)28-3/h4-12H,13H2,1-3H3. The maximum atomic E-state index is 13.2. The Morgan fingerprint density at radius 2 is 1.68 bits per heavy atom. The quantitative estimate of drug-likeness (QED) is 0.536. The lowest BCUT2D eigenvalue weighted by molar-refractivity contribution is 0.393. The molecule has 0 aliphatic carbocycles. The van der Waals surface area contributed by atoms with Gasteiger partial charge in [0.25, 0.3) is 5.56 Å². The summed E-state index contributed by atoms with van der Waals surface area (Å²) in [7, 11) is 3.19. The summed E-state index contributed by atoms with van der Waals surface area (Å²) in [4.78, 5) is 13.2. The molecule has 4 aromatic rings. The van der Waals surface area contributed by atoms with Crippen LogP contribution in [0.1, 0.15) is 11.3 Å². The first kappa shape index (κ1) is 17.8. The number of aromatic nitrogens is 4. The molecular formula is C21H20N4O3. The second-order valence-electron chi connectivity index (χ2n) is 6.42. The molecule has 2 aromatic carbocycles. The van der Waals surface area contributed by atoms with Crippen molar-refractivity contribution in [1.82, 2.24) is 19.6 Å². The van der Waals surface area contributed by atoms with E-state index in [4.69, 9.17) is 9.47 Å². The van der Waals surface area contributed by atoms with Gasteiger partial charge in [0.15, 0.2) is 0 Å². The van der Waals surface area contributed by atoms with E-state index in [2.05, 4.69) is 10.2 Å². The van der Waals surface area contributed by atoms with Gasteiger partial charge in [-0.1, -0.05) is 18.2 Å². The Hall–Kier alpha value is -3.61. The number of rotatable bonds is 5. The lowest BCUT2D eigenvalue weighted by Crippen LogP contribution is -2.26. The summed E-state index contributed by atoms with van der Waals surface area (Å²) in [6.45, 7) is 2.17. The number of para-hydroxylation sites is 1. The van der Waals surface area contributed by atoms with Crippen LogP contribution in [0.2, 0.25) is 0 Å². The predicted molar refractivity (Wildman–Crippen MR) is 107 cm³/mol. The summed E-state index contributed by atoms with van der Waals surface area (Å²) >= 11 is 0. The number of nitrogens with zero attached hydrogens (tertiary/aromatic N) is 4. The van der Waals surface area contributed by atoms with Crippen molar-refractivity contribution < 1.29 is 9.47 Å². The number of aryl methyl sites for hydroxylation is 1. The van der Waals surface area contributed by atoms with Gasteiger partial charge >= 0.3 is 0 Å². The van der Waals surface area contributed by atoms with Crippen molar-refractivity contribution in [2.45, 2.75) is 13.5 Å². The summed E-state index contributed by atoms with van der Waals surface area (Å²) < 4.78 is 13.8. The van der Waals surface area contributed by atoms with Crippen molar-refractivity contribution >= 4 is 10.9 Å². The van der Waals surface area contributed by atoms with Crippen LogP contribution in [0.25, 0.3) is 16.6 Å². The zero-order valence-electron chi connectivity index (χ0n) is 15.9. The van der Waals surface area contributed by atoms with Gasteiger partial charge in [0.05, 0.1) is 38.3 Å². The van der Waals surface area contributed by atoms with Crippen LogP contribution in [0, 0.1) is 6.92 Å². The van der Waals surface area contributed by atoms with Gasteiger partial charge in [0, 0.05) is 11.5 Å². The van der Waals surface area contributed by atoms with Gasteiger partial charge in [0.2, 0.25) is 0 Å². The molecule has 0 N–H and O–H groups in total. The third kappa shape index (κ3) is 3.11. The van der Waals surface area contributed by atoms with E-state index >= 15 is 0 Å². The van der Waals surface area contributed by atoms with Crippen LogP contribution in [0.5, 0.6) is 11.5 Å². The fourth-order valence-corrected chi connectivity index (χ4v) is 3.22. The van der Waals surface area contributed by atoms with Crippen LogP contribution in [-0.2, 0) is 6.54 Å². The van der Waals surface area contributed by atoms with Gasteiger partial charge in [-0.3, -0.25) is 4.79 Å². The van der Waals surface area contributed by atoms with Crippen molar-refractivity contribution in [2.24, 2.45) is 0 Å². The molecule has 7 nitrogen and oxygen atoms in total. The molecule has 0 fully saturated rings. The third-order valence-electron chi connectivity index (χ3n) is 4.61. The topological polar surface area (TPSA) is 71.2 Å². The first-order chi connectivity index (χ1) is 13.6. The van der Waals surface area contributed by atoms with Gasteiger partial charge in [-0.2, -0.15) is 10.2 Å². The van der Waals surface area contributed by atoms with Crippen LogP contribution >= 0.6 is 0 Å². The fourth-order valence-electron chi connectivity index (χ4n) is 3.22. The van der Waals surface area contributed by atoms with Crippen LogP contribution < -0.4 is 15.0 Å². The molecule has 0 saturated carbocycles. The fraction of sp³-hybridized carbons (Fsp3) is 0.190. The molecule has 0 unspecified atom stereocenters. The molecule has 0 radical (unpaired) electrons. The molecule has 0 spiro atoms. The first-order valence-electron chi connectivity index (χ1n) is 8.83. The van der Waals surface area contributed by atoms with Crippen molar-refractivity contribution in [1.29, 1.82) is 0 Å². The van der Waals surface area contributed by atoms with Crippen LogP contribution in [0.3, 0.4) is 0 Å². The van der Waals surface area contributed by atoms with E-state index < -0.39 is 0 Å². The number of ether oxygens (including phenoxy) is 2. The van der Waals surface area contributed by atoms with Crippen LogP contribution in [0.15, 0.2) is 59.5 Å². The zero-order chi connectivity index (χ0) is 19.7. The zero-order valence-corrected chi connectivity index (χ0v) is 15.9. The SMILES string of the molecule is COc1cc(Cn2nc(C)c3cnn(-c4ccccc4)c3c2=O)cc(OC)c1. The maximum absolute atomic E-state index is 13.2. The summed E-state index contributed by atoms with van der Waals surface area (Å²) in [6, 6.07) is 15.1. The van der Waals surface area contributed by atoms with E-state index in [1.165, 1.54) is 4.68 Å². The van der Waals surface area contributed by atoms with E-state index in [0.29, 0.717) is 23.6 Å². The van der Waals surface area contributed by atoms with Gasteiger partial charge in [-0.25, -0.2) is 9.36 Å². The monoisotopic (exact) mass is 376 g/mol. The minimum Gasteiger partial charge on any atom is -0.497 e. The summed E-state index contributed by atoms with van der Waals surface area (Å²) in [5, 5.41) is 9.64. The average molecular weight is 376 g/mol. The molecule has 0 saturated heterocycles. The van der Waals surface area contributed by atoms with Crippen LogP contribution in [-0.4, -0.2) is 33.8 Å². The predicted octanol–water partition coefficient (Wildman–Crippen LogP) is 2.96. The Bertz CT molecular complexity index is 1170. The van der Waals surface area contributed by atoms with Crippen molar-refractivity contribution in [3.63, 3.8) is 0 Å². The molecule has 0 amide bonds. The molecule has 0 aliphatic rings. The number of fused-ring (bicyclic) bond motifs is 1. The van der Waals surface area contributed by atoms with Crippen molar-refractivity contribution in [3.8, 4) is 17.2 Å². The maximum Gasteiger partial charge on any atom is 0.293 e. The van der Waals surface area contributed by atoms with Gasteiger partial charge in [-0.15, -0.1) is 0 Å². The van der Waals surface area contributed by atoms with Gasteiger partial charge < -0.3 is 9.47 Å². The molecule has 7 heteroatoms. The Labute approximate surface area is 161 Å². The van der Waals surface area contributed by atoms with Crippen LogP contribution in [0.4, 0.5) is 0 Å². The van der Waals surface area contributed by atoms with Crippen molar-refractivity contribution in [2.75, 3.05) is 14.2 Å². The average Bonchev–Trinajstić information content (AvgIpc) is 3.18. The first-order valence-corrected chi connectivity index (χ1v) is 8.83. The number of hydrogen-bond donors (Lipinski definition) is 0. The molecule has 142 valence electrons. The van der Waals surface area contributed by atoms with E-state index in [1.807, 2.05) is 49.4 Å². The van der Waals surface area contributed by atoms with E-state index in [0.717, 1.165) is 22.3 Å². The second-order valence-corrected chi connectivity index (χ2v) is 6.42. The highest BCUT2D eigenvalue weighted by molar-refractivity contribution is 5.81. The summed E-state index contributed by atoms with van der Waals surface area (Å²) in [5.41, 5.74) is 2.73. The molecule has 2 aromatic heterocycles. The Kier molecular flexibility index (Phi) is 4.57. The minimum atomic E-state index is -0.205. The number of hydrogen-bond acceptors (Lipinski definition) is 5. The number of methoxy groups -OCH3 is 2. The Balaban J connectivity index is 1.85. The molecule has 28 heavy (non-hydrogen) atoms. The van der Waals surface area contributed by atoms with E-state index in [9.17, 15) is 4.79 Å². The highest BCUT2D eigenvalue weighted by Crippen LogP contribution is 2.23. The largest absolute Gasteiger partial charge is 0.497 e. The van der Waals surface area contributed by atoms with E-state index in [1.54, 1.807) is 31.2 Å². The second kappa shape index (κ2) is 7.19. The normalized spacial score (nSPS) is 11.0. The molecule has 0 atom stereocenters. The molecule has 2 heterocycles. The molecule has 0 bridgehead atoms. The summed E-state index contributed by atoms with van der Waals surface area (Å²) in [6.07, 6.45) is 1.69. The minimum absolute atomic E-state index is 0.205. The Morgan fingerprint density at radius 3 is 2.32 bits per heavy atom. The van der Waals surface area contributed by atoms with Gasteiger partial charge in [-0.05, 0) is 36.8 Å². The molecular weight excluding hydrogens is 356 g/mol. The molecule has 0 aliphatic heterocycles. The van der Waals surface area contributed by atoms with E-state index in [-0.39, 0.29) is 5.56 Å². The highest BCUT2D eigenvalue weighted by Gasteiger charge is 2.15. The third-order valence-corrected chi connectivity index (χ3v) is 4.61. The highest BCUT2D eigenvalue weighted by atomic mass is 16.5. The lowest BCUT2D eigenvalue weighted by atomic mass is 10.2. The molecule has 4 rings (SSSR count). The Morgan fingerprint density at radius 1 is 1.00 bits per heavy atom. The lowest BCUT2D eigenvalue weighted by Gasteiger charge is -2.11. The van der Waals surface area contributed by atoms with Gasteiger partial charge in [0.1, 0.15) is 17.0 Å². The smallest absolute Gasteiger partial charge is 0.293 e. The summed E-state index contributed by atoms with van der Waals surface area (Å²) in [5.74, 6) is 1.32. The van der Waals surface area contributed by atoms with Crippen molar-refractivity contribution in [3.05, 3.63) is 76.3 Å². The number of benzene rings is 2.